The van der Waals surface area contributed by atoms with E-state index in [9.17, 15) is 29.5 Å². The van der Waals surface area contributed by atoms with E-state index >= 15 is 0 Å². The fourth-order valence-corrected chi connectivity index (χ4v) is 7.41. The molecular formula is C22H19BrCl2N2O7. The van der Waals surface area contributed by atoms with E-state index in [2.05, 4.69) is 15.9 Å². The number of phenols is 1. The van der Waals surface area contributed by atoms with Crippen molar-refractivity contribution in [3.63, 3.8) is 0 Å². The van der Waals surface area contributed by atoms with Crippen molar-refractivity contribution < 1.29 is 34.2 Å². The van der Waals surface area contributed by atoms with E-state index in [1.807, 2.05) is 0 Å². The van der Waals surface area contributed by atoms with Crippen molar-refractivity contribution in [2.75, 3.05) is 12.6 Å². The molecule has 9 nitrogen and oxygen atoms in total. The number of imide groups is 2. The Morgan fingerprint density at radius 1 is 1.15 bits per heavy atom. The lowest BCUT2D eigenvalue weighted by Gasteiger charge is -2.50. The average molecular weight is 574 g/mol. The molecule has 0 unspecified atom stereocenters. The number of halogens is 3. The van der Waals surface area contributed by atoms with E-state index < -0.39 is 57.0 Å². The molecule has 3 fully saturated rings. The Morgan fingerprint density at radius 3 is 2.50 bits per heavy atom. The van der Waals surface area contributed by atoms with Gasteiger partial charge in [0.1, 0.15) is 0 Å². The maximum Gasteiger partial charge on any atom is 0.257 e. The normalized spacial score (nSPS) is 36.9. The minimum Gasteiger partial charge on any atom is -0.504 e. The van der Waals surface area contributed by atoms with Crippen molar-refractivity contribution in [3.05, 3.63) is 35.4 Å². The van der Waals surface area contributed by atoms with Crippen LogP contribution in [0.4, 0.5) is 0 Å². The zero-order chi connectivity index (χ0) is 24.7. The second kappa shape index (κ2) is 7.68. The van der Waals surface area contributed by atoms with E-state index in [1.165, 1.54) is 19.2 Å². The number of amides is 4. The van der Waals surface area contributed by atoms with Crippen molar-refractivity contribution >= 4 is 62.8 Å². The first kappa shape index (κ1) is 23.6. The number of benzene rings is 1. The van der Waals surface area contributed by atoms with Crippen LogP contribution in [-0.4, -0.2) is 66.2 Å². The summed E-state index contributed by atoms with van der Waals surface area (Å²) in [7, 11) is 1.37. The average Bonchev–Trinajstić information content (AvgIpc) is 3.12. The number of nitrogens with zero attached hydrogens (tertiary/aromatic N) is 2. The summed E-state index contributed by atoms with van der Waals surface area (Å²) in [5.41, 5.74) is 0.894. The standard InChI is InChI=1S/C22H19BrCl2N2O7/c1-34-14-6-9(2-5-13(14)28)16-10-3-4-11-15(18(30)27(33)17(11)29)12(10)7-21(24)19(31)26(8-23)20(32)22(16,21)25/h2-3,5-6,11-12,15-16,28,33H,4,7-8H2,1H3/t11-,12+,15-,16-,21+,22-/m0/s1. The molecule has 2 N–H and O–H groups in total. The molecule has 1 aromatic carbocycles. The highest BCUT2D eigenvalue weighted by atomic mass is 79.9. The van der Waals surface area contributed by atoms with Crippen molar-refractivity contribution in [1.82, 2.24) is 9.96 Å². The van der Waals surface area contributed by atoms with Gasteiger partial charge in [-0.2, -0.15) is 5.06 Å². The molecule has 2 saturated heterocycles. The van der Waals surface area contributed by atoms with Crippen LogP contribution in [-0.2, 0) is 19.2 Å². The zero-order valence-corrected chi connectivity index (χ0v) is 20.8. The maximum atomic E-state index is 13.6. The van der Waals surface area contributed by atoms with Crippen LogP contribution in [0.1, 0.15) is 24.3 Å². The molecule has 34 heavy (non-hydrogen) atoms. The topological polar surface area (TPSA) is 124 Å². The molecule has 1 aromatic rings. The maximum absolute atomic E-state index is 13.6. The molecule has 6 atom stereocenters. The van der Waals surface area contributed by atoms with Crippen LogP contribution in [0.25, 0.3) is 0 Å². The second-order valence-electron chi connectivity index (χ2n) is 8.91. The number of ether oxygens (including phenoxy) is 1. The first-order valence-corrected chi connectivity index (χ1v) is 12.3. The molecular weight excluding hydrogens is 555 g/mol. The first-order chi connectivity index (χ1) is 16.0. The fraction of sp³-hybridized carbons (Fsp3) is 0.455. The van der Waals surface area contributed by atoms with E-state index in [0.29, 0.717) is 11.1 Å². The van der Waals surface area contributed by atoms with Crippen LogP contribution < -0.4 is 4.74 Å². The number of fused-ring (bicyclic) bond motifs is 4. The smallest absolute Gasteiger partial charge is 0.257 e. The SMILES string of the molecule is COc1cc([C@H]2C3=CC[C@@H]4C(=O)N(O)C(=O)[C@@H]4[C@@H]3C[C@@]3(Cl)C(=O)N(CBr)C(=O)[C@@]23Cl)ccc1O. The predicted molar refractivity (Wildman–Crippen MR) is 122 cm³/mol. The van der Waals surface area contributed by atoms with Crippen molar-refractivity contribution in [3.8, 4) is 11.5 Å². The fourth-order valence-electron chi connectivity index (χ4n) is 5.98. The minimum atomic E-state index is -1.94. The largest absolute Gasteiger partial charge is 0.504 e. The van der Waals surface area contributed by atoms with E-state index in [4.69, 9.17) is 27.9 Å². The van der Waals surface area contributed by atoms with Crippen LogP contribution >= 0.6 is 39.1 Å². The number of aromatic hydroxyl groups is 1. The summed E-state index contributed by atoms with van der Waals surface area (Å²) >= 11 is 17.2. The Labute approximate surface area is 212 Å². The van der Waals surface area contributed by atoms with E-state index in [1.54, 1.807) is 12.1 Å². The highest BCUT2D eigenvalue weighted by molar-refractivity contribution is 9.09. The first-order valence-electron chi connectivity index (χ1n) is 10.5. The van der Waals surface area contributed by atoms with Gasteiger partial charge in [-0.1, -0.05) is 33.6 Å². The number of hydrogen-bond acceptors (Lipinski definition) is 7. The molecule has 0 radical (unpaired) electrons. The lowest BCUT2D eigenvalue weighted by molar-refractivity contribution is -0.173. The lowest BCUT2D eigenvalue weighted by Crippen LogP contribution is -2.60. The second-order valence-corrected chi connectivity index (χ2v) is 10.6. The number of carbonyl (C=O) groups is 4. The monoisotopic (exact) mass is 572 g/mol. The van der Waals surface area contributed by atoms with Gasteiger partial charge in [0.25, 0.3) is 23.6 Å². The lowest BCUT2D eigenvalue weighted by atomic mass is 9.56. The number of methoxy groups -OCH3 is 1. The van der Waals surface area contributed by atoms with Gasteiger partial charge in [-0.05, 0) is 36.5 Å². The Hall–Kier alpha value is -2.14. The van der Waals surface area contributed by atoms with Crippen molar-refractivity contribution in [2.45, 2.75) is 28.5 Å². The van der Waals surface area contributed by atoms with Gasteiger partial charge >= 0.3 is 0 Å². The minimum absolute atomic E-state index is 0.122. The highest BCUT2D eigenvalue weighted by Gasteiger charge is 2.76. The number of likely N-dealkylation sites (tertiary alicyclic amines) is 1. The van der Waals surface area contributed by atoms with Gasteiger partial charge in [0.15, 0.2) is 21.2 Å². The molecule has 180 valence electrons. The molecule has 0 bridgehead atoms. The number of hydrogen-bond donors (Lipinski definition) is 2. The van der Waals surface area contributed by atoms with Gasteiger partial charge in [0.2, 0.25) is 0 Å². The van der Waals surface area contributed by atoms with Gasteiger partial charge in [-0.3, -0.25) is 29.3 Å². The summed E-state index contributed by atoms with van der Waals surface area (Å²) in [5, 5.41) is 20.3. The van der Waals surface area contributed by atoms with Crippen molar-refractivity contribution in [1.29, 1.82) is 0 Å². The van der Waals surface area contributed by atoms with E-state index in [-0.39, 0.29) is 34.9 Å². The summed E-state index contributed by atoms with van der Waals surface area (Å²) in [6, 6.07) is 4.43. The molecule has 2 aliphatic carbocycles. The molecule has 2 aliphatic heterocycles. The van der Waals surface area contributed by atoms with Gasteiger partial charge in [0.05, 0.1) is 24.4 Å². The summed E-state index contributed by atoms with van der Waals surface area (Å²) in [6.07, 6.45) is 1.73. The number of carbonyl (C=O) groups excluding carboxylic acids is 4. The third-order valence-corrected chi connectivity index (χ3v) is 9.44. The van der Waals surface area contributed by atoms with Gasteiger partial charge < -0.3 is 9.84 Å². The molecule has 4 amide bonds. The van der Waals surface area contributed by atoms with E-state index in [0.717, 1.165) is 4.90 Å². The number of allylic oxidation sites excluding steroid dienone is 2. The number of hydroxylamine groups is 2. The molecule has 0 spiro atoms. The van der Waals surface area contributed by atoms with Crippen LogP contribution in [0, 0.1) is 17.8 Å². The summed E-state index contributed by atoms with van der Waals surface area (Å²) in [4.78, 5) is 49.4. The quantitative estimate of drug-likeness (QED) is 0.187. The summed E-state index contributed by atoms with van der Waals surface area (Å²) < 4.78 is 5.23. The Morgan fingerprint density at radius 2 is 1.85 bits per heavy atom. The predicted octanol–water partition coefficient (Wildman–Crippen LogP) is 2.50. The van der Waals surface area contributed by atoms with Crippen LogP contribution in [0.5, 0.6) is 11.5 Å². The third-order valence-electron chi connectivity index (χ3n) is 7.53. The van der Waals surface area contributed by atoms with Gasteiger partial charge in [0, 0.05) is 5.92 Å². The summed E-state index contributed by atoms with van der Waals surface area (Å²) in [5.74, 6) is -6.36. The Kier molecular flexibility index (Phi) is 5.33. The van der Waals surface area contributed by atoms with Crippen molar-refractivity contribution in [2.24, 2.45) is 17.8 Å². The third kappa shape index (κ3) is 2.71. The number of rotatable bonds is 3. The molecule has 1 saturated carbocycles. The number of alkyl halides is 3. The molecule has 5 rings (SSSR count). The molecule has 0 aromatic heterocycles. The van der Waals surface area contributed by atoms with Crippen LogP contribution in [0.15, 0.2) is 29.8 Å². The molecule has 4 aliphatic rings. The van der Waals surface area contributed by atoms with Gasteiger partial charge in [-0.15, -0.1) is 23.2 Å². The van der Waals surface area contributed by atoms with Crippen LogP contribution in [0.2, 0.25) is 0 Å². The number of phenolic OH excluding ortho intramolecular Hbond substituents is 1. The highest BCUT2D eigenvalue weighted by Crippen LogP contribution is 2.65. The summed E-state index contributed by atoms with van der Waals surface area (Å²) in [6.45, 7) is 0. The molecule has 2 heterocycles. The Balaban J connectivity index is 1.76. The van der Waals surface area contributed by atoms with Gasteiger partial charge in [-0.25, -0.2) is 0 Å². The Bertz CT molecular complexity index is 1190. The van der Waals surface area contributed by atoms with Crippen LogP contribution in [0.3, 0.4) is 0 Å². The zero-order valence-electron chi connectivity index (χ0n) is 17.7. The molecule has 12 heteroatoms.